The summed E-state index contributed by atoms with van der Waals surface area (Å²) >= 11 is 1.73. The summed E-state index contributed by atoms with van der Waals surface area (Å²) in [5.74, 6) is 1.27. The largest absolute Gasteiger partial charge is 0.399 e. The highest BCUT2D eigenvalue weighted by molar-refractivity contribution is 7.99. The molecule has 2 N–H and O–H groups in total. The summed E-state index contributed by atoms with van der Waals surface area (Å²) in [6.07, 6.45) is 1.64. The molecule has 0 radical (unpaired) electrons. The van der Waals surface area contributed by atoms with Gasteiger partial charge in [0.15, 0.2) is 5.78 Å². The number of anilines is 1. The molecule has 13 heavy (non-hydrogen) atoms. The Morgan fingerprint density at radius 3 is 3.08 bits per heavy atom. The average Bonchev–Trinajstić information content (AvgIpc) is 2.28. The molecule has 68 valence electrons. The quantitative estimate of drug-likeness (QED) is 0.643. The van der Waals surface area contributed by atoms with Crippen LogP contribution in [0, 0.1) is 0 Å². The van der Waals surface area contributed by atoms with Gasteiger partial charge in [0.05, 0.1) is 0 Å². The Bertz CT molecular complexity index is 349. The van der Waals surface area contributed by atoms with Gasteiger partial charge >= 0.3 is 0 Å². The van der Waals surface area contributed by atoms with Gasteiger partial charge in [-0.25, -0.2) is 0 Å². The van der Waals surface area contributed by atoms with Gasteiger partial charge in [0.1, 0.15) is 0 Å². The van der Waals surface area contributed by atoms with Crippen LogP contribution < -0.4 is 5.73 Å². The van der Waals surface area contributed by atoms with Crippen molar-refractivity contribution in [3.05, 3.63) is 23.8 Å². The van der Waals surface area contributed by atoms with Crippen LogP contribution >= 0.6 is 11.8 Å². The van der Waals surface area contributed by atoms with Crippen LogP contribution in [0.15, 0.2) is 23.1 Å². The molecule has 0 amide bonds. The molecule has 0 saturated heterocycles. The standard InChI is InChI=1S/C10H11NOS/c11-7-3-4-8-9(12)2-1-5-13-10(8)6-7/h3-4,6H,1-2,5,11H2. The van der Waals surface area contributed by atoms with E-state index in [0.717, 1.165) is 28.3 Å². The van der Waals surface area contributed by atoms with E-state index in [2.05, 4.69) is 0 Å². The minimum atomic E-state index is 0.250. The summed E-state index contributed by atoms with van der Waals surface area (Å²) in [5.41, 5.74) is 7.23. The van der Waals surface area contributed by atoms with E-state index in [0.29, 0.717) is 6.42 Å². The second-order valence-corrected chi connectivity index (χ2v) is 4.27. The summed E-state index contributed by atoms with van der Waals surface area (Å²) in [7, 11) is 0. The molecule has 3 heteroatoms. The van der Waals surface area contributed by atoms with Gasteiger partial charge in [0, 0.05) is 22.6 Å². The number of ketones is 1. The van der Waals surface area contributed by atoms with Crippen LogP contribution in [-0.4, -0.2) is 11.5 Å². The van der Waals surface area contributed by atoms with Crippen LogP contribution in [0.2, 0.25) is 0 Å². The molecule has 0 atom stereocenters. The lowest BCUT2D eigenvalue weighted by Gasteiger charge is -2.03. The number of hydrogen-bond donors (Lipinski definition) is 1. The van der Waals surface area contributed by atoms with Crippen molar-refractivity contribution in [1.82, 2.24) is 0 Å². The van der Waals surface area contributed by atoms with Crippen molar-refractivity contribution in [3.63, 3.8) is 0 Å². The third-order valence-corrected chi connectivity index (χ3v) is 3.25. The topological polar surface area (TPSA) is 43.1 Å². The molecule has 1 heterocycles. The van der Waals surface area contributed by atoms with Crippen LogP contribution in [-0.2, 0) is 0 Å². The fourth-order valence-corrected chi connectivity index (χ4v) is 2.50. The molecule has 0 spiro atoms. The first-order valence-electron chi connectivity index (χ1n) is 4.33. The summed E-state index contributed by atoms with van der Waals surface area (Å²) in [4.78, 5) is 12.6. The second kappa shape index (κ2) is 3.42. The van der Waals surface area contributed by atoms with Crippen LogP contribution in [0.5, 0.6) is 0 Å². The first-order chi connectivity index (χ1) is 6.27. The molecule has 1 aromatic carbocycles. The van der Waals surface area contributed by atoms with Crippen LogP contribution in [0.25, 0.3) is 0 Å². The molecule has 1 aromatic rings. The monoisotopic (exact) mass is 193 g/mol. The predicted molar refractivity (Wildman–Crippen MR) is 55.1 cm³/mol. The van der Waals surface area contributed by atoms with Gasteiger partial charge in [-0.1, -0.05) is 0 Å². The lowest BCUT2D eigenvalue weighted by atomic mass is 10.1. The van der Waals surface area contributed by atoms with Gasteiger partial charge in [0.25, 0.3) is 0 Å². The first kappa shape index (κ1) is 8.63. The van der Waals surface area contributed by atoms with Crippen molar-refractivity contribution in [3.8, 4) is 0 Å². The van der Waals surface area contributed by atoms with Crippen molar-refractivity contribution in [2.45, 2.75) is 17.7 Å². The molecule has 1 aliphatic heterocycles. The Morgan fingerprint density at radius 2 is 2.23 bits per heavy atom. The van der Waals surface area contributed by atoms with Gasteiger partial charge in [0.2, 0.25) is 0 Å². The van der Waals surface area contributed by atoms with Gasteiger partial charge in [-0.2, -0.15) is 0 Å². The van der Waals surface area contributed by atoms with E-state index in [9.17, 15) is 4.79 Å². The van der Waals surface area contributed by atoms with Crippen molar-refractivity contribution < 1.29 is 4.79 Å². The number of carbonyl (C=O) groups excluding carboxylic acids is 1. The molecular formula is C10H11NOS. The Labute approximate surface area is 81.5 Å². The number of benzene rings is 1. The predicted octanol–water partition coefficient (Wildman–Crippen LogP) is 2.34. The molecule has 0 unspecified atom stereocenters. The SMILES string of the molecule is Nc1ccc2c(c1)SCCCC2=O. The molecule has 0 fully saturated rings. The minimum Gasteiger partial charge on any atom is -0.399 e. The number of hydrogen-bond acceptors (Lipinski definition) is 3. The highest BCUT2D eigenvalue weighted by Gasteiger charge is 2.15. The lowest BCUT2D eigenvalue weighted by molar-refractivity contribution is 0.0980. The summed E-state index contributed by atoms with van der Waals surface area (Å²) in [5, 5.41) is 0. The summed E-state index contributed by atoms with van der Waals surface area (Å²) in [6, 6.07) is 5.52. The normalized spacial score (nSPS) is 16.5. The van der Waals surface area contributed by atoms with E-state index < -0.39 is 0 Å². The van der Waals surface area contributed by atoms with Gasteiger partial charge in [-0.05, 0) is 30.4 Å². The van der Waals surface area contributed by atoms with E-state index in [1.165, 1.54) is 0 Å². The maximum absolute atomic E-state index is 11.6. The molecular weight excluding hydrogens is 182 g/mol. The minimum absolute atomic E-state index is 0.250. The number of rotatable bonds is 0. The van der Waals surface area contributed by atoms with E-state index in [1.54, 1.807) is 17.8 Å². The zero-order chi connectivity index (χ0) is 9.26. The highest BCUT2D eigenvalue weighted by Crippen LogP contribution is 2.30. The molecule has 0 bridgehead atoms. The van der Waals surface area contributed by atoms with Crippen molar-refractivity contribution in [2.75, 3.05) is 11.5 Å². The van der Waals surface area contributed by atoms with Gasteiger partial charge < -0.3 is 5.73 Å². The maximum Gasteiger partial charge on any atom is 0.164 e. The van der Waals surface area contributed by atoms with Crippen LogP contribution in [0.4, 0.5) is 5.69 Å². The fraction of sp³-hybridized carbons (Fsp3) is 0.300. The van der Waals surface area contributed by atoms with E-state index in [4.69, 9.17) is 5.73 Å². The van der Waals surface area contributed by atoms with Crippen LogP contribution in [0.3, 0.4) is 0 Å². The number of nitrogen functional groups attached to an aromatic ring is 1. The van der Waals surface area contributed by atoms with Crippen LogP contribution in [0.1, 0.15) is 23.2 Å². The Kier molecular flexibility index (Phi) is 2.27. The molecule has 2 rings (SSSR count). The highest BCUT2D eigenvalue weighted by atomic mass is 32.2. The summed E-state index contributed by atoms with van der Waals surface area (Å²) < 4.78 is 0. The van der Waals surface area contributed by atoms with Crippen molar-refractivity contribution in [1.29, 1.82) is 0 Å². The molecule has 1 aliphatic rings. The zero-order valence-corrected chi connectivity index (χ0v) is 8.06. The summed E-state index contributed by atoms with van der Waals surface area (Å²) in [6.45, 7) is 0. The first-order valence-corrected chi connectivity index (χ1v) is 5.31. The van der Waals surface area contributed by atoms with Gasteiger partial charge in [-0.15, -0.1) is 11.8 Å². The number of thioether (sulfide) groups is 1. The number of Topliss-reactive ketones (excluding diaryl/α,β-unsaturated/α-hetero) is 1. The van der Waals surface area contributed by atoms with E-state index in [-0.39, 0.29) is 5.78 Å². The smallest absolute Gasteiger partial charge is 0.164 e. The average molecular weight is 193 g/mol. The van der Waals surface area contributed by atoms with Crippen molar-refractivity contribution in [2.24, 2.45) is 0 Å². The number of fused-ring (bicyclic) bond motifs is 1. The fourth-order valence-electron chi connectivity index (χ4n) is 1.44. The Morgan fingerprint density at radius 1 is 1.38 bits per heavy atom. The number of nitrogens with two attached hydrogens (primary N) is 1. The zero-order valence-electron chi connectivity index (χ0n) is 7.25. The van der Waals surface area contributed by atoms with E-state index in [1.807, 2.05) is 12.1 Å². The second-order valence-electron chi connectivity index (χ2n) is 3.13. The third kappa shape index (κ3) is 1.70. The van der Waals surface area contributed by atoms with E-state index >= 15 is 0 Å². The molecule has 2 nitrogen and oxygen atoms in total. The molecule has 0 aromatic heterocycles. The van der Waals surface area contributed by atoms with Gasteiger partial charge in [-0.3, -0.25) is 4.79 Å². The number of carbonyl (C=O) groups is 1. The van der Waals surface area contributed by atoms with Crippen molar-refractivity contribution >= 4 is 23.2 Å². The molecule has 0 saturated carbocycles. The maximum atomic E-state index is 11.6. The third-order valence-electron chi connectivity index (χ3n) is 2.11. The Balaban J connectivity index is 2.48. The molecule has 0 aliphatic carbocycles. The Hall–Kier alpha value is -0.960. The lowest BCUT2D eigenvalue weighted by Crippen LogP contribution is -1.98.